The molecule has 0 bridgehead atoms. The van der Waals surface area contributed by atoms with E-state index in [0.717, 1.165) is 16.3 Å². The predicted octanol–water partition coefficient (Wildman–Crippen LogP) is 2.56. The summed E-state index contributed by atoms with van der Waals surface area (Å²) in [7, 11) is -2.38. The number of nitrogens with one attached hydrogen (secondary N) is 1. The minimum absolute atomic E-state index is 0.0165. The number of fused-ring (bicyclic) bond motifs is 1. The van der Waals surface area contributed by atoms with Crippen molar-refractivity contribution >= 4 is 27.7 Å². The van der Waals surface area contributed by atoms with Gasteiger partial charge in [-0.25, -0.2) is 12.7 Å². The van der Waals surface area contributed by atoms with Gasteiger partial charge in [-0.1, -0.05) is 31.2 Å². The van der Waals surface area contributed by atoms with Crippen molar-refractivity contribution in [1.82, 2.24) is 14.5 Å². The highest BCUT2D eigenvalue weighted by molar-refractivity contribution is 7.90. The lowest BCUT2D eigenvalue weighted by Gasteiger charge is -2.29. The molecule has 1 N–H and O–H groups in total. The molecular weight excluding hydrogens is 470 g/mol. The van der Waals surface area contributed by atoms with Crippen LogP contribution in [-0.4, -0.2) is 61.6 Å². The highest BCUT2D eigenvalue weighted by Crippen LogP contribution is 2.30. The third-order valence-electron chi connectivity index (χ3n) is 5.87. The van der Waals surface area contributed by atoms with Crippen molar-refractivity contribution in [3.8, 4) is 5.75 Å². The van der Waals surface area contributed by atoms with Crippen LogP contribution in [0.15, 0.2) is 53.4 Å². The van der Waals surface area contributed by atoms with Crippen LogP contribution in [0, 0.1) is 0 Å². The highest BCUT2D eigenvalue weighted by Gasteiger charge is 2.40. The molecule has 0 aliphatic carbocycles. The van der Waals surface area contributed by atoms with Gasteiger partial charge in [-0.05, 0) is 49.6 Å². The molecule has 0 saturated carbocycles. The summed E-state index contributed by atoms with van der Waals surface area (Å²) < 4.78 is 31.6. The van der Waals surface area contributed by atoms with Crippen molar-refractivity contribution < 1.29 is 27.5 Å². The summed E-state index contributed by atoms with van der Waals surface area (Å²) in [5, 5.41) is 2.81. The molecule has 0 spiro atoms. The van der Waals surface area contributed by atoms with Gasteiger partial charge in [0.2, 0.25) is 11.8 Å². The first-order chi connectivity index (χ1) is 16.7. The van der Waals surface area contributed by atoms with Crippen LogP contribution in [-0.2, 0) is 26.2 Å². The Labute approximate surface area is 206 Å². The Kier molecular flexibility index (Phi) is 8.50. The molecule has 3 amide bonds. The zero-order valence-corrected chi connectivity index (χ0v) is 21.0. The van der Waals surface area contributed by atoms with Crippen molar-refractivity contribution in [3.63, 3.8) is 0 Å². The van der Waals surface area contributed by atoms with Gasteiger partial charge in [0.15, 0.2) is 0 Å². The fourth-order valence-electron chi connectivity index (χ4n) is 3.92. The normalized spacial score (nSPS) is 14.8. The van der Waals surface area contributed by atoms with Crippen LogP contribution in [0.1, 0.15) is 49.0 Å². The Morgan fingerprint density at radius 3 is 2.57 bits per heavy atom. The van der Waals surface area contributed by atoms with Gasteiger partial charge < -0.3 is 15.0 Å². The fourth-order valence-corrected chi connectivity index (χ4v) is 5.52. The molecule has 1 aliphatic rings. The summed E-state index contributed by atoms with van der Waals surface area (Å²) >= 11 is 0. The van der Waals surface area contributed by atoms with E-state index in [4.69, 9.17) is 4.74 Å². The Balaban J connectivity index is 1.71. The number of hydrogen-bond acceptors (Lipinski definition) is 6. The summed E-state index contributed by atoms with van der Waals surface area (Å²) in [5.74, 6) is -0.534. The van der Waals surface area contributed by atoms with Gasteiger partial charge in [0, 0.05) is 26.1 Å². The van der Waals surface area contributed by atoms with Crippen LogP contribution in [0.5, 0.6) is 5.75 Å². The lowest BCUT2D eigenvalue weighted by atomic mass is 10.1. The van der Waals surface area contributed by atoms with E-state index in [2.05, 4.69) is 5.32 Å². The molecular formula is C25H31N3O6S. The van der Waals surface area contributed by atoms with Gasteiger partial charge in [-0.15, -0.1) is 0 Å². The Morgan fingerprint density at radius 1 is 1.14 bits per heavy atom. The van der Waals surface area contributed by atoms with E-state index in [-0.39, 0.29) is 48.2 Å². The van der Waals surface area contributed by atoms with Gasteiger partial charge in [0.1, 0.15) is 16.7 Å². The second kappa shape index (κ2) is 11.4. The molecule has 0 aromatic heterocycles. The number of methoxy groups -OCH3 is 1. The number of hydrogen-bond donors (Lipinski definition) is 1. The smallest absolute Gasteiger partial charge is 0.269 e. The van der Waals surface area contributed by atoms with E-state index in [9.17, 15) is 22.8 Å². The molecule has 188 valence electrons. The molecule has 10 heteroatoms. The van der Waals surface area contributed by atoms with Gasteiger partial charge in [-0.3, -0.25) is 14.4 Å². The molecule has 0 fully saturated rings. The van der Waals surface area contributed by atoms with Crippen LogP contribution < -0.4 is 10.1 Å². The monoisotopic (exact) mass is 501 g/mol. The summed E-state index contributed by atoms with van der Waals surface area (Å²) in [5.41, 5.74) is 0.931. The molecule has 3 rings (SSSR count). The Morgan fingerprint density at radius 2 is 1.89 bits per heavy atom. The number of benzene rings is 2. The van der Waals surface area contributed by atoms with E-state index in [1.165, 1.54) is 17.0 Å². The number of ether oxygens (including phenoxy) is 1. The maximum absolute atomic E-state index is 13.2. The second-order valence-corrected chi connectivity index (χ2v) is 10.2. The molecule has 35 heavy (non-hydrogen) atoms. The molecule has 1 aliphatic heterocycles. The first-order valence-electron chi connectivity index (χ1n) is 11.6. The van der Waals surface area contributed by atoms with E-state index >= 15 is 0 Å². The van der Waals surface area contributed by atoms with Crippen molar-refractivity contribution in [3.05, 3.63) is 59.7 Å². The average molecular weight is 502 g/mol. The van der Waals surface area contributed by atoms with Crippen molar-refractivity contribution in [2.45, 2.75) is 50.6 Å². The van der Waals surface area contributed by atoms with Crippen molar-refractivity contribution in [2.24, 2.45) is 0 Å². The van der Waals surface area contributed by atoms with Crippen LogP contribution in [0.2, 0.25) is 0 Å². The van der Waals surface area contributed by atoms with Crippen molar-refractivity contribution in [2.75, 3.05) is 20.2 Å². The zero-order chi connectivity index (χ0) is 25.6. The largest absolute Gasteiger partial charge is 0.497 e. The maximum Gasteiger partial charge on any atom is 0.269 e. The SMILES string of the molecule is CCCNC(=O)[C@H](C)N(Cc1cccc(OC)c1)C(=O)CCCN1C(=O)c2ccccc2S1(=O)=O. The predicted molar refractivity (Wildman–Crippen MR) is 130 cm³/mol. The first kappa shape index (κ1) is 26.2. The molecule has 2 aromatic carbocycles. The minimum Gasteiger partial charge on any atom is -0.497 e. The van der Waals surface area contributed by atoms with Crippen LogP contribution >= 0.6 is 0 Å². The molecule has 1 heterocycles. The van der Waals surface area contributed by atoms with Gasteiger partial charge in [0.25, 0.3) is 15.9 Å². The molecule has 9 nitrogen and oxygen atoms in total. The number of carbonyl (C=O) groups excluding carboxylic acids is 3. The molecule has 0 saturated heterocycles. The van der Waals surface area contributed by atoms with Gasteiger partial charge in [0.05, 0.1) is 12.7 Å². The summed E-state index contributed by atoms with van der Waals surface area (Å²) in [6.07, 6.45) is 0.879. The highest BCUT2D eigenvalue weighted by atomic mass is 32.2. The third-order valence-corrected chi connectivity index (χ3v) is 7.71. The van der Waals surface area contributed by atoms with E-state index < -0.39 is 22.0 Å². The van der Waals surface area contributed by atoms with Crippen LogP contribution in [0.25, 0.3) is 0 Å². The fraction of sp³-hybridized carbons (Fsp3) is 0.400. The Bertz CT molecular complexity index is 1200. The number of amides is 3. The summed E-state index contributed by atoms with van der Waals surface area (Å²) in [6, 6.07) is 12.6. The van der Waals surface area contributed by atoms with Gasteiger partial charge >= 0.3 is 0 Å². The lowest BCUT2D eigenvalue weighted by Crippen LogP contribution is -2.47. The van der Waals surface area contributed by atoms with Crippen LogP contribution in [0.4, 0.5) is 0 Å². The standard InChI is InChI=1S/C25H31N3O6S/c1-4-14-26-24(30)18(2)27(17-19-9-7-10-20(16-19)34-3)23(29)13-8-15-28-25(31)21-11-5-6-12-22(21)35(28,32)33/h5-7,9-12,16,18H,4,8,13-15,17H2,1-3H3,(H,26,30)/t18-/m0/s1. The third kappa shape index (κ3) is 5.82. The number of nitrogens with zero attached hydrogens (tertiary/aromatic N) is 2. The average Bonchev–Trinajstić information content (AvgIpc) is 3.06. The Hall–Kier alpha value is -3.40. The minimum atomic E-state index is -3.93. The van der Waals surface area contributed by atoms with E-state index in [1.54, 1.807) is 44.4 Å². The molecule has 0 radical (unpaired) electrons. The quantitative estimate of drug-likeness (QED) is 0.506. The summed E-state index contributed by atoms with van der Waals surface area (Å²) in [4.78, 5) is 39.9. The topological polar surface area (TPSA) is 113 Å². The van der Waals surface area contributed by atoms with Gasteiger partial charge in [-0.2, -0.15) is 0 Å². The molecule has 0 unspecified atom stereocenters. The number of carbonyl (C=O) groups is 3. The number of sulfonamides is 1. The van der Waals surface area contributed by atoms with E-state index in [0.29, 0.717) is 12.3 Å². The number of rotatable bonds is 11. The maximum atomic E-state index is 13.2. The van der Waals surface area contributed by atoms with Crippen LogP contribution in [0.3, 0.4) is 0 Å². The summed E-state index contributed by atoms with van der Waals surface area (Å²) in [6.45, 7) is 4.16. The second-order valence-electron chi connectivity index (χ2n) is 8.32. The molecule has 2 aromatic rings. The zero-order valence-electron chi connectivity index (χ0n) is 20.2. The van der Waals surface area contributed by atoms with Crippen molar-refractivity contribution in [1.29, 1.82) is 0 Å². The lowest BCUT2D eigenvalue weighted by molar-refractivity contribution is -0.140. The first-order valence-corrected chi connectivity index (χ1v) is 13.0. The molecule has 1 atom stereocenters. The van der Waals surface area contributed by atoms with E-state index in [1.807, 2.05) is 13.0 Å².